The molecule has 3 aromatic rings. The summed E-state index contributed by atoms with van der Waals surface area (Å²) in [6.45, 7) is 3.40. The Morgan fingerprint density at radius 2 is 1.93 bits per heavy atom. The molecule has 1 atom stereocenters. The lowest BCUT2D eigenvalue weighted by molar-refractivity contribution is 0.146. The maximum atomic E-state index is 14.5. The van der Waals surface area contributed by atoms with E-state index in [1.165, 1.54) is 18.5 Å². The smallest absolute Gasteiger partial charge is 0.266 e. The summed E-state index contributed by atoms with van der Waals surface area (Å²) in [6, 6.07) is 3.51. The van der Waals surface area contributed by atoms with E-state index in [0.717, 1.165) is 25.3 Å². The van der Waals surface area contributed by atoms with Crippen molar-refractivity contribution in [3.8, 4) is 0 Å². The van der Waals surface area contributed by atoms with Crippen LogP contribution in [-0.2, 0) is 0 Å². The molecule has 0 spiro atoms. The number of aromatic nitrogens is 3. The predicted octanol–water partition coefficient (Wildman–Crippen LogP) is 5.07. The molecule has 0 amide bonds. The average molecular weight is 402 g/mol. The zero-order valence-electron chi connectivity index (χ0n) is 16.1. The second kappa shape index (κ2) is 7.50. The fourth-order valence-corrected chi connectivity index (χ4v) is 3.71. The first-order chi connectivity index (χ1) is 13.9. The molecule has 0 bridgehead atoms. The highest BCUT2D eigenvalue weighted by atomic mass is 19.3. The predicted molar refractivity (Wildman–Crippen MR) is 105 cm³/mol. The Labute approximate surface area is 165 Å². The number of hydrogen-bond acceptors (Lipinski definition) is 4. The van der Waals surface area contributed by atoms with Gasteiger partial charge in [0.1, 0.15) is 18.0 Å². The van der Waals surface area contributed by atoms with Crippen molar-refractivity contribution in [1.82, 2.24) is 14.5 Å². The summed E-state index contributed by atoms with van der Waals surface area (Å²) in [5.74, 6) is -0.496. The lowest BCUT2D eigenvalue weighted by Gasteiger charge is -2.28. The largest absolute Gasteiger partial charge is 0.363 e. The van der Waals surface area contributed by atoms with Gasteiger partial charge in [-0.15, -0.1) is 0 Å². The van der Waals surface area contributed by atoms with E-state index in [9.17, 15) is 18.0 Å². The van der Waals surface area contributed by atoms with Crippen LogP contribution in [0.3, 0.4) is 0 Å². The van der Waals surface area contributed by atoms with Gasteiger partial charge in [0.2, 0.25) is 0 Å². The minimum absolute atomic E-state index is 0.0735. The van der Waals surface area contributed by atoms with Crippen LogP contribution in [-0.4, -0.2) is 14.5 Å². The number of halogens is 3. The van der Waals surface area contributed by atoms with Crippen molar-refractivity contribution in [2.24, 2.45) is 0 Å². The van der Waals surface area contributed by atoms with Gasteiger partial charge in [-0.1, -0.05) is 18.2 Å². The molecule has 1 N–H and O–H groups in total. The number of nitrogens with zero attached hydrogens (tertiary/aromatic N) is 3. The third kappa shape index (κ3) is 3.36. The van der Waals surface area contributed by atoms with Crippen LogP contribution in [0.25, 0.3) is 10.9 Å². The van der Waals surface area contributed by atoms with Crippen molar-refractivity contribution in [1.29, 1.82) is 0 Å². The quantitative estimate of drug-likeness (QED) is 0.647. The zero-order valence-corrected chi connectivity index (χ0v) is 16.1. The molecule has 8 heteroatoms. The zero-order chi connectivity index (χ0) is 20.7. The molecular formula is C21H21F3N4O. The molecule has 1 fully saturated rings. The van der Waals surface area contributed by atoms with E-state index < -0.39 is 23.8 Å². The van der Waals surface area contributed by atoms with Crippen LogP contribution in [0.5, 0.6) is 0 Å². The van der Waals surface area contributed by atoms with Crippen LogP contribution >= 0.6 is 0 Å². The number of anilines is 1. The lowest BCUT2D eigenvalue weighted by Crippen LogP contribution is -2.30. The molecule has 0 unspecified atom stereocenters. The number of benzene rings is 1. The molecule has 2 heterocycles. The van der Waals surface area contributed by atoms with Gasteiger partial charge in [0.25, 0.3) is 12.0 Å². The first-order valence-electron chi connectivity index (χ1n) is 9.58. The molecule has 1 aromatic carbocycles. The van der Waals surface area contributed by atoms with Crippen molar-refractivity contribution < 1.29 is 13.2 Å². The highest BCUT2D eigenvalue weighted by Crippen LogP contribution is 2.33. The molecule has 0 aliphatic heterocycles. The molecule has 1 aliphatic carbocycles. The third-order valence-corrected chi connectivity index (χ3v) is 5.64. The summed E-state index contributed by atoms with van der Waals surface area (Å²) >= 11 is 0. The van der Waals surface area contributed by atoms with E-state index in [-0.39, 0.29) is 17.2 Å². The molecule has 29 heavy (non-hydrogen) atoms. The van der Waals surface area contributed by atoms with Gasteiger partial charge in [-0.3, -0.25) is 4.79 Å². The van der Waals surface area contributed by atoms with Crippen molar-refractivity contribution in [3.05, 3.63) is 63.6 Å². The number of hydrogen-bond donors (Lipinski definition) is 1. The molecule has 0 radical (unpaired) electrons. The van der Waals surface area contributed by atoms with Gasteiger partial charge in [-0.25, -0.2) is 23.1 Å². The van der Waals surface area contributed by atoms with Gasteiger partial charge in [0, 0.05) is 23.4 Å². The van der Waals surface area contributed by atoms with E-state index in [2.05, 4.69) is 15.3 Å². The Balaban J connectivity index is 1.76. The topological polar surface area (TPSA) is 59.8 Å². The third-order valence-electron chi connectivity index (χ3n) is 5.64. The molecule has 152 valence electrons. The second-order valence-electron chi connectivity index (χ2n) is 7.45. The summed E-state index contributed by atoms with van der Waals surface area (Å²) in [5, 5.41) is 3.75. The minimum Gasteiger partial charge on any atom is -0.363 e. The van der Waals surface area contributed by atoms with Crippen LogP contribution in [0.2, 0.25) is 0 Å². The van der Waals surface area contributed by atoms with Crippen LogP contribution < -0.4 is 10.9 Å². The maximum Gasteiger partial charge on any atom is 0.266 e. The fourth-order valence-electron chi connectivity index (χ4n) is 3.71. The second-order valence-corrected chi connectivity index (χ2v) is 7.45. The summed E-state index contributed by atoms with van der Waals surface area (Å²) in [5.41, 5.74) is 0.475. The van der Waals surface area contributed by atoms with E-state index in [0.29, 0.717) is 22.3 Å². The van der Waals surface area contributed by atoms with Crippen molar-refractivity contribution in [2.45, 2.75) is 51.6 Å². The summed E-state index contributed by atoms with van der Waals surface area (Å²) < 4.78 is 42.3. The maximum absolute atomic E-state index is 14.5. The number of pyridine rings is 1. The first kappa shape index (κ1) is 19.4. The average Bonchev–Trinajstić information content (AvgIpc) is 2.65. The van der Waals surface area contributed by atoms with E-state index >= 15 is 0 Å². The molecule has 5 nitrogen and oxygen atoms in total. The van der Waals surface area contributed by atoms with Crippen LogP contribution in [0.15, 0.2) is 35.5 Å². The highest BCUT2D eigenvalue weighted by Gasteiger charge is 2.24. The fraction of sp³-hybridized carbons (Fsp3) is 0.381. The van der Waals surface area contributed by atoms with Crippen LogP contribution in [0, 0.1) is 12.7 Å². The first-order valence-corrected chi connectivity index (χ1v) is 9.58. The normalized spacial score (nSPS) is 15.5. The number of nitrogens with one attached hydrogen (secondary N) is 1. The summed E-state index contributed by atoms with van der Waals surface area (Å²) in [6.07, 6.45) is 3.18. The Morgan fingerprint density at radius 3 is 2.59 bits per heavy atom. The molecule has 0 saturated heterocycles. The van der Waals surface area contributed by atoms with E-state index in [1.807, 2.05) is 0 Å². The number of fused-ring (bicyclic) bond motifs is 1. The lowest BCUT2D eigenvalue weighted by atomic mass is 9.92. The SMILES string of the molecule is Cc1c(=O)n(C2CCC2)cc2c(N[C@@H](C)c3cccc(C(F)F)c3F)ncnc12. The highest BCUT2D eigenvalue weighted by molar-refractivity contribution is 5.90. The summed E-state index contributed by atoms with van der Waals surface area (Å²) in [4.78, 5) is 21.2. The number of alkyl halides is 2. The molecule has 1 aliphatic rings. The molecular weight excluding hydrogens is 381 g/mol. The Kier molecular flexibility index (Phi) is 5.02. The van der Waals surface area contributed by atoms with Crippen molar-refractivity contribution in [3.63, 3.8) is 0 Å². The molecule has 4 rings (SSSR count). The van der Waals surface area contributed by atoms with Gasteiger partial charge < -0.3 is 9.88 Å². The van der Waals surface area contributed by atoms with Gasteiger partial charge in [0.15, 0.2) is 0 Å². The number of rotatable bonds is 5. The van der Waals surface area contributed by atoms with E-state index in [1.54, 1.807) is 24.6 Å². The van der Waals surface area contributed by atoms with Crippen LogP contribution in [0.4, 0.5) is 19.0 Å². The van der Waals surface area contributed by atoms with Crippen molar-refractivity contribution >= 4 is 16.7 Å². The van der Waals surface area contributed by atoms with Crippen molar-refractivity contribution in [2.75, 3.05) is 5.32 Å². The van der Waals surface area contributed by atoms with Gasteiger partial charge in [0.05, 0.1) is 22.5 Å². The molecule has 1 saturated carbocycles. The standard InChI is InChI=1S/C21H21F3N4O/c1-11-18-16(9-28(21(11)29)13-5-3-6-13)20(26-10-25-18)27-12(2)14-7-4-8-15(17(14)22)19(23)24/h4,7-10,12-13,19H,3,5-6H2,1-2H3,(H,25,26,27)/t12-/m0/s1. The summed E-state index contributed by atoms with van der Waals surface area (Å²) in [7, 11) is 0. The molecule has 2 aromatic heterocycles. The van der Waals surface area contributed by atoms with Gasteiger partial charge in [-0.2, -0.15) is 0 Å². The Hall–Kier alpha value is -2.90. The monoisotopic (exact) mass is 402 g/mol. The van der Waals surface area contributed by atoms with Gasteiger partial charge >= 0.3 is 0 Å². The van der Waals surface area contributed by atoms with Gasteiger partial charge in [-0.05, 0) is 33.1 Å². The van der Waals surface area contributed by atoms with Crippen LogP contribution in [0.1, 0.15) is 61.4 Å². The van der Waals surface area contributed by atoms with E-state index in [4.69, 9.17) is 0 Å². The Bertz CT molecular complexity index is 1120. The Morgan fingerprint density at radius 1 is 1.21 bits per heavy atom. The number of aryl methyl sites for hydroxylation is 1. The minimum atomic E-state index is -2.89.